The van der Waals surface area contributed by atoms with E-state index in [9.17, 15) is 4.39 Å². The van der Waals surface area contributed by atoms with Crippen molar-refractivity contribution < 1.29 is 4.39 Å². The molecule has 7 heteroatoms. The third-order valence-electron chi connectivity index (χ3n) is 3.27. The predicted molar refractivity (Wildman–Crippen MR) is 81.2 cm³/mol. The van der Waals surface area contributed by atoms with Gasteiger partial charge in [-0.2, -0.15) is 0 Å². The predicted octanol–water partition coefficient (Wildman–Crippen LogP) is 1.51. The molecule has 0 spiro atoms. The van der Waals surface area contributed by atoms with Crippen molar-refractivity contribution in [3.63, 3.8) is 0 Å². The van der Waals surface area contributed by atoms with Crippen molar-refractivity contribution in [2.75, 3.05) is 7.05 Å². The van der Waals surface area contributed by atoms with Crippen LogP contribution in [0.3, 0.4) is 0 Å². The van der Waals surface area contributed by atoms with Crippen LogP contribution in [0.25, 0.3) is 5.65 Å². The van der Waals surface area contributed by atoms with E-state index in [4.69, 9.17) is 5.41 Å². The maximum atomic E-state index is 13.9. The summed E-state index contributed by atoms with van der Waals surface area (Å²) in [7, 11) is 1.67. The molecule has 0 atom stereocenters. The minimum absolute atomic E-state index is 0.132. The molecule has 2 heterocycles. The largest absolute Gasteiger partial charge is 0.305 e. The normalized spacial score (nSPS) is 10.8. The van der Waals surface area contributed by atoms with Gasteiger partial charge in [0.15, 0.2) is 11.5 Å². The second-order valence-electron chi connectivity index (χ2n) is 4.75. The summed E-state index contributed by atoms with van der Waals surface area (Å²) in [6, 6.07) is 6.59. The molecule has 0 unspecified atom stereocenters. The van der Waals surface area contributed by atoms with Gasteiger partial charge in [-0.25, -0.2) is 19.8 Å². The summed E-state index contributed by atoms with van der Waals surface area (Å²) in [5.41, 5.74) is 7.64. The molecule has 22 heavy (non-hydrogen) atoms. The number of nitrogens with zero attached hydrogens (tertiary/aromatic N) is 3. The van der Waals surface area contributed by atoms with E-state index in [0.717, 1.165) is 0 Å². The first-order valence-electron chi connectivity index (χ1n) is 6.76. The van der Waals surface area contributed by atoms with Gasteiger partial charge in [-0.3, -0.25) is 5.41 Å². The first-order valence-corrected chi connectivity index (χ1v) is 6.76. The van der Waals surface area contributed by atoms with E-state index in [0.29, 0.717) is 29.0 Å². The first-order chi connectivity index (χ1) is 10.7. The molecule has 112 valence electrons. The molecule has 3 rings (SSSR count). The van der Waals surface area contributed by atoms with E-state index in [1.54, 1.807) is 48.2 Å². The number of imidazole rings is 1. The highest BCUT2D eigenvalue weighted by molar-refractivity contribution is 5.94. The van der Waals surface area contributed by atoms with Gasteiger partial charge in [-0.15, -0.1) is 0 Å². The van der Waals surface area contributed by atoms with Gasteiger partial charge in [0, 0.05) is 32.1 Å². The zero-order chi connectivity index (χ0) is 15.5. The number of hydrazine groups is 1. The molecular formula is C15H15FN6. The molecule has 0 saturated heterocycles. The van der Waals surface area contributed by atoms with E-state index in [-0.39, 0.29) is 11.7 Å². The van der Waals surface area contributed by atoms with Crippen LogP contribution in [0.4, 0.5) is 4.39 Å². The topological polar surface area (TPSA) is 78.1 Å². The third kappa shape index (κ3) is 2.66. The molecule has 6 nitrogen and oxygen atoms in total. The summed E-state index contributed by atoms with van der Waals surface area (Å²) in [6.45, 7) is 0. The van der Waals surface area contributed by atoms with Crippen molar-refractivity contribution in [3.8, 4) is 0 Å². The summed E-state index contributed by atoms with van der Waals surface area (Å²) in [4.78, 5) is 8.71. The Bertz CT molecular complexity index is 826. The number of amidine groups is 1. The lowest BCUT2D eigenvalue weighted by molar-refractivity contribution is 0.613. The number of rotatable bonds is 4. The minimum atomic E-state index is -0.275. The van der Waals surface area contributed by atoms with E-state index in [1.807, 2.05) is 0 Å². The van der Waals surface area contributed by atoms with Crippen LogP contribution in [0, 0.1) is 11.2 Å². The average Bonchev–Trinajstić information content (AvgIpc) is 2.98. The molecule has 0 fully saturated rings. The maximum absolute atomic E-state index is 13.9. The highest BCUT2D eigenvalue weighted by Crippen LogP contribution is 2.16. The Balaban J connectivity index is 2.05. The fourth-order valence-corrected chi connectivity index (χ4v) is 2.25. The Labute approximate surface area is 126 Å². The Morgan fingerprint density at radius 2 is 2.18 bits per heavy atom. The Hall–Kier alpha value is -2.80. The van der Waals surface area contributed by atoms with Crippen LogP contribution in [0.5, 0.6) is 0 Å². The fraction of sp³-hybridized carbons (Fsp3) is 0.133. The molecular weight excluding hydrogens is 283 g/mol. The number of nitrogens with one attached hydrogen (secondary N) is 3. The van der Waals surface area contributed by atoms with Crippen LogP contribution < -0.4 is 10.9 Å². The van der Waals surface area contributed by atoms with Gasteiger partial charge in [0.1, 0.15) is 11.5 Å². The molecule has 1 aromatic carbocycles. The lowest BCUT2D eigenvalue weighted by Crippen LogP contribution is -2.35. The van der Waals surface area contributed by atoms with Gasteiger partial charge in [-0.1, -0.05) is 18.2 Å². The van der Waals surface area contributed by atoms with Gasteiger partial charge in [0.2, 0.25) is 0 Å². The summed E-state index contributed by atoms with van der Waals surface area (Å²) in [5.74, 6) is -0.143. The monoisotopic (exact) mass is 298 g/mol. The highest BCUT2D eigenvalue weighted by atomic mass is 19.1. The van der Waals surface area contributed by atoms with Gasteiger partial charge in [-0.05, 0) is 11.6 Å². The number of hydrogen-bond acceptors (Lipinski definition) is 4. The zero-order valence-electron chi connectivity index (χ0n) is 12.0. The standard InChI is InChI=1S/C15H15FN6/c1-18-21-14(17)13-9-22-7-6-19-15(22)12(20-13)8-10-4-2-3-5-11(10)16/h2-7,9,18H,8H2,1H3,(H2,17,21). The van der Waals surface area contributed by atoms with Crippen LogP contribution in [0.15, 0.2) is 42.9 Å². The first kappa shape index (κ1) is 14.2. The number of fused-ring (bicyclic) bond motifs is 1. The Morgan fingerprint density at radius 1 is 1.36 bits per heavy atom. The molecule has 0 aliphatic heterocycles. The number of halogens is 1. The second-order valence-corrected chi connectivity index (χ2v) is 4.75. The molecule has 0 radical (unpaired) electrons. The summed E-state index contributed by atoms with van der Waals surface area (Å²) >= 11 is 0. The van der Waals surface area contributed by atoms with Crippen LogP contribution >= 0.6 is 0 Å². The van der Waals surface area contributed by atoms with Crippen molar-refractivity contribution in [3.05, 3.63) is 65.6 Å². The van der Waals surface area contributed by atoms with Crippen molar-refractivity contribution in [2.45, 2.75) is 6.42 Å². The van der Waals surface area contributed by atoms with Gasteiger partial charge in [0.25, 0.3) is 0 Å². The van der Waals surface area contributed by atoms with Crippen molar-refractivity contribution >= 4 is 11.5 Å². The van der Waals surface area contributed by atoms with Crippen molar-refractivity contribution in [1.29, 1.82) is 5.41 Å². The zero-order valence-corrected chi connectivity index (χ0v) is 12.0. The van der Waals surface area contributed by atoms with Gasteiger partial charge >= 0.3 is 0 Å². The molecule has 0 bridgehead atoms. The maximum Gasteiger partial charge on any atom is 0.160 e. The number of hydrogen-bond donors (Lipinski definition) is 3. The Kier molecular flexibility index (Phi) is 3.80. The molecule has 3 aromatic rings. The lowest BCUT2D eigenvalue weighted by atomic mass is 10.1. The molecule has 0 saturated carbocycles. The van der Waals surface area contributed by atoms with E-state index in [1.165, 1.54) is 6.07 Å². The Morgan fingerprint density at radius 3 is 2.95 bits per heavy atom. The SMILES string of the molecule is CNNC(=N)c1cn2ccnc2c(Cc2ccccc2F)n1. The second kappa shape index (κ2) is 5.90. The van der Waals surface area contributed by atoms with Crippen molar-refractivity contribution in [1.82, 2.24) is 25.2 Å². The summed E-state index contributed by atoms with van der Waals surface area (Å²) in [6.07, 6.45) is 5.45. The minimum Gasteiger partial charge on any atom is -0.305 e. The lowest BCUT2D eigenvalue weighted by Gasteiger charge is -2.10. The third-order valence-corrected chi connectivity index (χ3v) is 3.27. The quantitative estimate of drug-likeness (QED) is 0.387. The summed E-state index contributed by atoms with van der Waals surface area (Å²) < 4.78 is 15.6. The van der Waals surface area contributed by atoms with Crippen molar-refractivity contribution in [2.24, 2.45) is 0 Å². The van der Waals surface area contributed by atoms with E-state index in [2.05, 4.69) is 20.8 Å². The van der Waals surface area contributed by atoms with Gasteiger partial charge < -0.3 is 9.83 Å². The van der Waals surface area contributed by atoms with Crippen LogP contribution in [-0.4, -0.2) is 27.3 Å². The van der Waals surface area contributed by atoms with E-state index >= 15 is 0 Å². The molecule has 3 N–H and O–H groups in total. The molecule has 2 aromatic heterocycles. The molecule has 0 aliphatic carbocycles. The fourth-order valence-electron chi connectivity index (χ4n) is 2.25. The van der Waals surface area contributed by atoms with E-state index < -0.39 is 0 Å². The smallest absolute Gasteiger partial charge is 0.160 e. The average molecular weight is 298 g/mol. The number of aromatic nitrogens is 3. The van der Waals surface area contributed by atoms with Gasteiger partial charge in [0.05, 0.1) is 5.69 Å². The highest BCUT2D eigenvalue weighted by Gasteiger charge is 2.12. The molecule has 0 aliphatic rings. The van der Waals surface area contributed by atoms with Crippen LogP contribution in [0.1, 0.15) is 17.0 Å². The van der Waals surface area contributed by atoms with Crippen LogP contribution in [-0.2, 0) is 6.42 Å². The van der Waals surface area contributed by atoms with Crippen LogP contribution in [0.2, 0.25) is 0 Å². The number of benzene rings is 1. The summed E-state index contributed by atoms with van der Waals surface area (Å²) in [5, 5.41) is 7.93. The molecule has 0 amide bonds.